The zero-order valence-corrected chi connectivity index (χ0v) is 12.9. The second-order valence-electron chi connectivity index (χ2n) is 3.12. The molecule has 1 heterocycles. The highest BCUT2D eigenvalue weighted by Crippen LogP contribution is 2.31. The van der Waals surface area contributed by atoms with Crippen LogP contribution in [0.5, 0.6) is 0 Å². The second-order valence-corrected chi connectivity index (χ2v) is 5.64. The first-order valence-corrected chi connectivity index (χ1v) is 6.81. The minimum absolute atomic E-state index is 0.268. The van der Waals surface area contributed by atoms with Crippen molar-refractivity contribution in [2.45, 2.75) is 0 Å². The van der Waals surface area contributed by atoms with Gasteiger partial charge in [0.25, 0.3) is 0 Å². The molecule has 0 unspecified atom stereocenters. The number of nitrogens with zero attached hydrogens (tertiary/aromatic N) is 2. The Morgan fingerprint density at radius 2 is 1.76 bits per heavy atom. The molecule has 1 aromatic carbocycles. The number of hydrogen-bond donors (Lipinski definition) is 1. The Bertz CT molecular complexity index is 563. The van der Waals surface area contributed by atoms with Crippen molar-refractivity contribution in [3.05, 3.63) is 43.5 Å². The molecule has 2 rings (SSSR count). The van der Waals surface area contributed by atoms with Crippen molar-refractivity contribution < 1.29 is 0 Å². The molecule has 0 saturated carbocycles. The third-order valence-electron chi connectivity index (χ3n) is 1.92. The molecule has 0 bridgehead atoms. The number of benzene rings is 1. The van der Waals surface area contributed by atoms with Crippen molar-refractivity contribution in [3.63, 3.8) is 0 Å². The summed E-state index contributed by atoms with van der Waals surface area (Å²) >= 11 is 18.5. The summed E-state index contributed by atoms with van der Waals surface area (Å²) in [5.74, 6) is 0. The average Bonchev–Trinajstić information content (AvgIpc) is 2.27. The molecule has 3 nitrogen and oxygen atoms in total. The van der Waals surface area contributed by atoms with Crippen LogP contribution in [0, 0.1) is 0 Å². The molecule has 0 spiro atoms. The van der Waals surface area contributed by atoms with Crippen LogP contribution in [0.1, 0.15) is 0 Å². The van der Waals surface area contributed by atoms with E-state index < -0.39 is 0 Å². The Hall–Kier alpha value is -0.360. The minimum atomic E-state index is 0.268. The predicted octanol–water partition coefficient (Wildman–Crippen LogP) is 5.05. The van der Waals surface area contributed by atoms with Crippen molar-refractivity contribution in [1.29, 1.82) is 0 Å². The fraction of sp³-hybridized carbons (Fsp3) is 0. The zero-order chi connectivity index (χ0) is 12.4. The molecular weight excluding hydrogens is 393 g/mol. The fourth-order valence-electron chi connectivity index (χ4n) is 1.18. The molecule has 0 saturated heterocycles. The maximum atomic E-state index is 5.91. The van der Waals surface area contributed by atoms with Crippen LogP contribution >= 0.6 is 55.1 Å². The molecule has 1 N–H and O–H groups in total. The topological polar surface area (TPSA) is 37.8 Å². The largest absolute Gasteiger partial charge is 0.352 e. The molecule has 1 aromatic heterocycles. The normalized spacial score (nSPS) is 10.4. The molecule has 0 aliphatic rings. The molecule has 2 aromatic rings. The first-order valence-electron chi connectivity index (χ1n) is 4.47. The number of nitrogens with one attached hydrogen (secondary N) is 1. The third kappa shape index (κ3) is 3.31. The van der Waals surface area contributed by atoms with Gasteiger partial charge in [-0.2, -0.15) is 0 Å². The number of halogens is 4. The van der Waals surface area contributed by atoms with Gasteiger partial charge < -0.3 is 5.32 Å². The standard InChI is InChI=1S/C10H5Br2Cl2N3/c11-5-1-2-7(6(12)3-5)15-8-4-9(13)16-17-10(8)14/h1-4H,(H,15,16). The van der Waals surface area contributed by atoms with Crippen molar-refractivity contribution in [2.24, 2.45) is 0 Å². The van der Waals surface area contributed by atoms with Crippen molar-refractivity contribution in [2.75, 3.05) is 5.32 Å². The van der Waals surface area contributed by atoms with Crippen molar-refractivity contribution >= 4 is 66.4 Å². The van der Waals surface area contributed by atoms with Gasteiger partial charge in [0, 0.05) is 15.0 Å². The second kappa shape index (κ2) is 5.52. The SMILES string of the molecule is Clc1cc(Nc2ccc(Br)cc2Br)c(Cl)nn1. The van der Waals surface area contributed by atoms with Crippen LogP contribution in [0.4, 0.5) is 11.4 Å². The van der Waals surface area contributed by atoms with Crippen LogP contribution in [-0.4, -0.2) is 10.2 Å². The Kier molecular flexibility index (Phi) is 4.25. The van der Waals surface area contributed by atoms with E-state index in [0.29, 0.717) is 5.69 Å². The van der Waals surface area contributed by atoms with E-state index in [0.717, 1.165) is 14.6 Å². The maximum Gasteiger partial charge on any atom is 0.175 e. The van der Waals surface area contributed by atoms with E-state index in [4.69, 9.17) is 23.2 Å². The van der Waals surface area contributed by atoms with E-state index in [1.54, 1.807) is 6.07 Å². The molecule has 0 aliphatic carbocycles. The van der Waals surface area contributed by atoms with Gasteiger partial charge in [0.05, 0.1) is 11.4 Å². The molecule has 0 aliphatic heterocycles. The zero-order valence-electron chi connectivity index (χ0n) is 8.22. The predicted molar refractivity (Wildman–Crippen MR) is 77.2 cm³/mol. The molecular formula is C10H5Br2Cl2N3. The van der Waals surface area contributed by atoms with E-state index in [2.05, 4.69) is 47.4 Å². The lowest BCUT2D eigenvalue weighted by molar-refractivity contribution is 1.03. The highest BCUT2D eigenvalue weighted by Gasteiger charge is 2.07. The van der Waals surface area contributed by atoms with Crippen LogP contribution in [-0.2, 0) is 0 Å². The Morgan fingerprint density at radius 3 is 2.47 bits per heavy atom. The first kappa shape index (κ1) is 13.1. The highest BCUT2D eigenvalue weighted by atomic mass is 79.9. The van der Waals surface area contributed by atoms with Crippen LogP contribution < -0.4 is 5.32 Å². The first-order chi connectivity index (χ1) is 8.06. The van der Waals surface area contributed by atoms with E-state index in [1.807, 2.05) is 18.2 Å². The van der Waals surface area contributed by atoms with Crippen molar-refractivity contribution in [3.8, 4) is 0 Å². The van der Waals surface area contributed by atoms with E-state index >= 15 is 0 Å². The molecule has 7 heteroatoms. The van der Waals surface area contributed by atoms with E-state index in [-0.39, 0.29) is 10.3 Å². The summed E-state index contributed by atoms with van der Waals surface area (Å²) in [6.45, 7) is 0. The van der Waals surface area contributed by atoms with Crippen LogP contribution in [0.3, 0.4) is 0 Å². The summed E-state index contributed by atoms with van der Waals surface area (Å²) in [6, 6.07) is 7.36. The number of anilines is 2. The van der Waals surface area contributed by atoms with E-state index in [1.165, 1.54) is 0 Å². The van der Waals surface area contributed by atoms with E-state index in [9.17, 15) is 0 Å². The molecule has 0 radical (unpaired) electrons. The summed E-state index contributed by atoms with van der Waals surface area (Å²) in [5.41, 5.74) is 1.47. The molecule has 0 atom stereocenters. The molecule has 88 valence electrons. The monoisotopic (exact) mass is 395 g/mol. The summed E-state index contributed by atoms with van der Waals surface area (Å²) in [7, 11) is 0. The van der Waals surface area contributed by atoms with Gasteiger partial charge in [0.2, 0.25) is 0 Å². The summed E-state index contributed by atoms with van der Waals surface area (Å²) in [5, 5.41) is 11.0. The van der Waals surface area contributed by atoms with Gasteiger partial charge in [-0.25, -0.2) is 0 Å². The van der Waals surface area contributed by atoms with Crippen molar-refractivity contribution in [1.82, 2.24) is 10.2 Å². The lowest BCUT2D eigenvalue weighted by atomic mass is 10.3. The minimum Gasteiger partial charge on any atom is -0.352 e. The summed E-state index contributed by atoms with van der Waals surface area (Å²) in [6.07, 6.45) is 0. The number of hydrogen-bond acceptors (Lipinski definition) is 3. The molecule has 0 amide bonds. The molecule has 0 fully saturated rings. The average molecular weight is 398 g/mol. The van der Waals surface area contributed by atoms with Gasteiger partial charge in [0.1, 0.15) is 0 Å². The van der Waals surface area contributed by atoms with Gasteiger partial charge in [-0.1, -0.05) is 39.1 Å². The lowest BCUT2D eigenvalue weighted by Crippen LogP contribution is -1.95. The van der Waals surface area contributed by atoms with Gasteiger partial charge in [-0.05, 0) is 34.1 Å². The Labute approximate surface area is 125 Å². The van der Waals surface area contributed by atoms with Gasteiger partial charge in [0.15, 0.2) is 10.3 Å². The molecule has 17 heavy (non-hydrogen) atoms. The fourth-order valence-corrected chi connectivity index (χ4v) is 2.61. The smallest absolute Gasteiger partial charge is 0.175 e. The quantitative estimate of drug-likeness (QED) is 0.770. The number of aromatic nitrogens is 2. The summed E-state index contributed by atoms with van der Waals surface area (Å²) < 4.78 is 1.88. The van der Waals surface area contributed by atoms with Gasteiger partial charge in [-0.15, -0.1) is 10.2 Å². The third-order valence-corrected chi connectivity index (χ3v) is 3.53. The number of rotatable bonds is 2. The Morgan fingerprint density at radius 1 is 1.00 bits per heavy atom. The Balaban J connectivity index is 2.34. The summed E-state index contributed by atoms with van der Waals surface area (Å²) in [4.78, 5) is 0. The van der Waals surface area contributed by atoms with Gasteiger partial charge in [-0.3, -0.25) is 0 Å². The van der Waals surface area contributed by atoms with Crippen LogP contribution in [0.25, 0.3) is 0 Å². The maximum absolute atomic E-state index is 5.91. The highest BCUT2D eigenvalue weighted by molar-refractivity contribution is 9.11. The van der Waals surface area contributed by atoms with Crippen LogP contribution in [0.15, 0.2) is 33.2 Å². The van der Waals surface area contributed by atoms with Gasteiger partial charge >= 0.3 is 0 Å². The van der Waals surface area contributed by atoms with Crippen LogP contribution in [0.2, 0.25) is 10.3 Å². The lowest BCUT2D eigenvalue weighted by Gasteiger charge is -2.09.